The first kappa shape index (κ1) is 16.9. The van der Waals surface area contributed by atoms with Gasteiger partial charge in [0.15, 0.2) is 0 Å². The molecular weight excluding hydrogens is 328 g/mol. The third kappa shape index (κ3) is 5.37. The maximum atomic E-state index is 5.69. The fourth-order valence-electron chi connectivity index (χ4n) is 2.92. The largest absolute Gasteiger partial charge is 0.381 e. The molecule has 1 aromatic carbocycles. The number of rotatable bonds is 7. The zero-order valence-electron chi connectivity index (χ0n) is 13.4. The summed E-state index contributed by atoms with van der Waals surface area (Å²) in [4.78, 5) is 2.42. The van der Waals surface area contributed by atoms with Gasteiger partial charge in [-0.15, -0.1) is 0 Å². The maximum absolute atomic E-state index is 5.69. The van der Waals surface area contributed by atoms with Crippen molar-refractivity contribution in [2.24, 2.45) is 5.41 Å². The topological polar surface area (TPSA) is 24.5 Å². The first-order valence-corrected chi connectivity index (χ1v) is 8.53. The fourth-order valence-corrected chi connectivity index (χ4v) is 3.18. The molecular formula is C17H27BrN2O. The molecule has 1 aliphatic heterocycles. The van der Waals surface area contributed by atoms with Crippen molar-refractivity contribution in [2.45, 2.75) is 32.9 Å². The van der Waals surface area contributed by atoms with Crippen LogP contribution in [0.2, 0.25) is 0 Å². The normalized spacial score (nSPS) is 22.4. The average Bonchev–Trinajstić information content (AvgIpc) is 2.88. The van der Waals surface area contributed by atoms with Crippen molar-refractivity contribution in [3.05, 3.63) is 34.3 Å². The highest BCUT2D eigenvalue weighted by Gasteiger charge is 2.35. The van der Waals surface area contributed by atoms with Crippen molar-refractivity contribution in [2.75, 3.05) is 33.4 Å². The molecule has 1 unspecified atom stereocenters. The maximum Gasteiger partial charge on any atom is 0.0547 e. The molecule has 4 heteroatoms. The van der Waals surface area contributed by atoms with Gasteiger partial charge in [0.25, 0.3) is 0 Å². The predicted octanol–water partition coefficient (Wildman–Crippen LogP) is 3.29. The van der Waals surface area contributed by atoms with E-state index in [1.54, 1.807) is 0 Å². The minimum Gasteiger partial charge on any atom is -0.381 e. The number of benzene rings is 1. The van der Waals surface area contributed by atoms with Gasteiger partial charge in [-0.1, -0.05) is 41.9 Å². The lowest BCUT2D eigenvalue weighted by Gasteiger charge is -2.33. The molecule has 2 rings (SSSR count). The van der Waals surface area contributed by atoms with Crippen LogP contribution in [0.1, 0.15) is 25.8 Å². The number of nitrogens with one attached hydrogen (secondary N) is 1. The third-order valence-corrected chi connectivity index (χ3v) is 4.57. The van der Waals surface area contributed by atoms with Gasteiger partial charge in [-0.3, -0.25) is 0 Å². The molecule has 21 heavy (non-hydrogen) atoms. The number of hydrogen-bond acceptors (Lipinski definition) is 3. The van der Waals surface area contributed by atoms with E-state index in [1.807, 2.05) is 0 Å². The van der Waals surface area contributed by atoms with Gasteiger partial charge in [-0.05, 0) is 31.2 Å². The Kier molecular flexibility index (Phi) is 6.23. The van der Waals surface area contributed by atoms with Crippen LogP contribution in [0, 0.1) is 5.41 Å². The van der Waals surface area contributed by atoms with Crippen molar-refractivity contribution in [3.63, 3.8) is 0 Å². The average molecular weight is 355 g/mol. The van der Waals surface area contributed by atoms with E-state index >= 15 is 0 Å². The van der Waals surface area contributed by atoms with Crippen LogP contribution in [0.3, 0.4) is 0 Å². The Bertz CT molecular complexity index is 427. The Labute approximate surface area is 137 Å². The van der Waals surface area contributed by atoms with Crippen LogP contribution < -0.4 is 5.32 Å². The van der Waals surface area contributed by atoms with Crippen molar-refractivity contribution < 1.29 is 4.74 Å². The van der Waals surface area contributed by atoms with Crippen molar-refractivity contribution in [3.8, 4) is 0 Å². The van der Waals surface area contributed by atoms with Crippen molar-refractivity contribution in [1.29, 1.82) is 0 Å². The SMILES string of the molecule is CC(C)NCC1(CN(C)Cc2ccc(Br)cc2)CCOC1. The summed E-state index contributed by atoms with van der Waals surface area (Å²) < 4.78 is 6.82. The van der Waals surface area contributed by atoms with E-state index in [4.69, 9.17) is 4.74 Å². The first-order valence-electron chi connectivity index (χ1n) is 7.73. The molecule has 0 bridgehead atoms. The van der Waals surface area contributed by atoms with Gasteiger partial charge >= 0.3 is 0 Å². The van der Waals surface area contributed by atoms with E-state index in [-0.39, 0.29) is 5.41 Å². The summed E-state index contributed by atoms with van der Waals surface area (Å²) in [6.07, 6.45) is 1.15. The van der Waals surface area contributed by atoms with Gasteiger partial charge in [0.1, 0.15) is 0 Å². The molecule has 0 aliphatic carbocycles. The van der Waals surface area contributed by atoms with Crippen LogP contribution in [0.5, 0.6) is 0 Å². The molecule has 1 aromatic rings. The lowest BCUT2D eigenvalue weighted by Crippen LogP contribution is -2.45. The molecule has 1 saturated heterocycles. The van der Waals surface area contributed by atoms with Crippen molar-refractivity contribution >= 4 is 15.9 Å². The van der Waals surface area contributed by atoms with Gasteiger partial charge in [-0.2, -0.15) is 0 Å². The molecule has 0 aromatic heterocycles. The lowest BCUT2D eigenvalue weighted by atomic mass is 9.86. The van der Waals surface area contributed by atoms with Crippen LogP contribution in [-0.2, 0) is 11.3 Å². The minimum atomic E-state index is 0.258. The second-order valence-electron chi connectivity index (χ2n) is 6.64. The highest BCUT2D eigenvalue weighted by atomic mass is 79.9. The number of ether oxygens (including phenoxy) is 1. The van der Waals surface area contributed by atoms with Gasteiger partial charge < -0.3 is 15.0 Å². The van der Waals surface area contributed by atoms with Gasteiger partial charge in [0.2, 0.25) is 0 Å². The summed E-state index contributed by atoms with van der Waals surface area (Å²) in [5.74, 6) is 0. The van der Waals surface area contributed by atoms with E-state index in [0.29, 0.717) is 6.04 Å². The second kappa shape index (κ2) is 7.73. The number of nitrogens with zero attached hydrogens (tertiary/aromatic N) is 1. The van der Waals surface area contributed by atoms with E-state index in [1.165, 1.54) is 5.56 Å². The Hall–Kier alpha value is -0.420. The first-order chi connectivity index (χ1) is 9.99. The third-order valence-electron chi connectivity index (χ3n) is 4.04. The molecule has 1 N–H and O–H groups in total. The molecule has 118 valence electrons. The highest BCUT2D eigenvalue weighted by molar-refractivity contribution is 9.10. The Morgan fingerprint density at radius 2 is 2.05 bits per heavy atom. The van der Waals surface area contributed by atoms with Gasteiger partial charge in [0, 0.05) is 42.2 Å². The summed E-state index contributed by atoms with van der Waals surface area (Å²) in [6, 6.07) is 9.12. The zero-order chi connectivity index (χ0) is 15.3. The van der Waals surface area contributed by atoms with Crippen LogP contribution in [-0.4, -0.2) is 44.3 Å². The smallest absolute Gasteiger partial charge is 0.0547 e. The monoisotopic (exact) mass is 354 g/mol. The fraction of sp³-hybridized carbons (Fsp3) is 0.647. The minimum absolute atomic E-state index is 0.258. The van der Waals surface area contributed by atoms with Gasteiger partial charge in [-0.25, -0.2) is 0 Å². The van der Waals surface area contributed by atoms with Crippen LogP contribution in [0.15, 0.2) is 28.7 Å². The van der Waals surface area contributed by atoms with Crippen LogP contribution >= 0.6 is 15.9 Å². The molecule has 0 amide bonds. The summed E-state index contributed by atoms with van der Waals surface area (Å²) in [5.41, 5.74) is 1.61. The second-order valence-corrected chi connectivity index (χ2v) is 7.55. The Balaban J connectivity index is 1.91. The van der Waals surface area contributed by atoms with Crippen LogP contribution in [0.4, 0.5) is 0 Å². The number of halogens is 1. The molecule has 0 spiro atoms. The lowest BCUT2D eigenvalue weighted by molar-refractivity contribution is 0.115. The number of hydrogen-bond donors (Lipinski definition) is 1. The molecule has 0 radical (unpaired) electrons. The van der Waals surface area contributed by atoms with E-state index in [0.717, 1.165) is 43.7 Å². The molecule has 1 aliphatic rings. The van der Waals surface area contributed by atoms with E-state index < -0.39 is 0 Å². The predicted molar refractivity (Wildman–Crippen MR) is 91.5 cm³/mol. The van der Waals surface area contributed by atoms with Crippen LogP contribution in [0.25, 0.3) is 0 Å². The summed E-state index contributed by atoms with van der Waals surface area (Å²) in [5, 5.41) is 3.59. The Morgan fingerprint density at radius 1 is 1.33 bits per heavy atom. The van der Waals surface area contributed by atoms with Crippen molar-refractivity contribution in [1.82, 2.24) is 10.2 Å². The van der Waals surface area contributed by atoms with E-state index in [9.17, 15) is 0 Å². The summed E-state index contributed by atoms with van der Waals surface area (Å²) >= 11 is 3.49. The standard InChI is InChI=1S/C17H27BrN2O/c1-14(2)19-11-17(8-9-21-13-17)12-20(3)10-15-4-6-16(18)7-5-15/h4-7,14,19H,8-13H2,1-3H3. The molecule has 1 fully saturated rings. The summed E-state index contributed by atoms with van der Waals surface area (Å²) in [6.45, 7) is 9.27. The van der Waals surface area contributed by atoms with Gasteiger partial charge in [0.05, 0.1) is 6.61 Å². The Morgan fingerprint density at radius 3 is 2.62 bits per heavy atom. The molecule has 3 nitrogen and oxygen atoms in total. The quantitative estimate of drug-likeness (QED) is 0.812. The molecule has 1 atom stereocenters. The zero-order valence-corrected chi connectivity index (χ0v) is 14.9. The van der Waals surface area contributed by atoms with E-state index in [2.05, 4.69) is 71.3 Å². The molecule has 0 saturated carbocycles. The highest BCUT2D eigenvalue weighted by Crippen LogP contribution is 2.29. The summed E-state index contributed by atoms with van der Waals surface area (Å²) in [7, 11) is 2.21. The molecule has 1 heterocycles.